The fourth-order valence-electron chi connectivity index (χ4n) is 1.01. The summed E-state index contributed by atoms with van der Waals surface area (Å²) in [6.07, 6.45) is 2.62. The number of hydroxylamine groups is 1. The van der Waals surface area contributed by atoms with Crippen LogP contribution in [0.2, 0.25) is 0 Å². The van der Waals surface area contributed by atoms with Crippen LogP contribution in [0.15, 0.2) is 30.3 Å². The summed E-state index contributed by atoms with van der Waals surface area (Å²) in [5.74, 6) is 3.44. The lowest BCUT2D eigenvalue weighted by atomic mass is 10.1. The highest BCUT2D eigenvalue weighted by Crippen LogP contribution is 2.06. The molecule has 0 fully saturated rings. The highest BCUT2D eigenvalue weighted by Gasteiger charge is 2.03. The molecule has 6 nitrogen and oxygen atoms in total. The molecule has 6 heteroatoms. The number of hydrogen-bond acceptors (Lipinski definition) is 5. The first-order valence-corrected chi connectivity index (χ1v) is 4.30. The third-order valence-corrected chi connectivity index (χ3v) is 1.79. The first-order chi connectivity index (χ1) is 7.67. The van der Waals surface area contributed by atoms with Gasteiger partial charge in [-0.1, -0.05) is 12.1 Å². The number of carbonyl (C=O) groups is 2. The average molecular weight is 222 g/mol. The molecule has 0 aromatic heterocycles. The van der Waals surface area contributed by atoms with Crippen molar-refractivity contribution in [3.05, 3.63) is 41.5 Å². The van der Waals surface area contributed by atoms with E-state index in [9.17, 15) is 9.59 Å². The Morgan fingerprint density at radius 3 is 2.44 bits per heavy atom. The van der Waals surface area contributed by atoms with E-state index >= 15 is 0 Å². The molecule has 0 heterocycles. The molecule has 84 valence electrons. The van der Waals surface area contributed by atoms with Crippen LogP contribution in [-0.2, 0) is 9.63 Å². The summed E-state index contributed by atoms with van der Waals surface area (Å²) in [4.78, 5) is 25.7. The van der Waals surface area contributed by atoms with Crippen molar-refractivity contribution in [3.63, 3.8) is 0 Å². The Balaban J connectivity index is 2.75. The Hall–Kier alpha value is -2.18. The van der Waals surface area contributed by atoms with E-state index in [4.69, 9.17) is 11.1 Å². The van der Waals surface area contributed by atoms with Crippen LogP contribution < -0.4 is 11.4 Å². The van der Waals surface area contributed by atoms with E-state index in [1.54, 1.807) is 12.1 Å². The van der Waals surface area contributed by atoms with Crippen LogP contribution in [-0.4, -0.2) is 17.1 Å². The number of amides is 1. The van der Waals surface area contributed by atoms with Crippen molar-refractivity contribution in [2.45, 2.75) is 0 Å². The maximum Gasteiger partial charge on any atom is 0.356 e. The number of benzene rings is 1. The molecule has 1 amide bonds. The van der Waals surface area contributed by atoms with Gasteiger partial charge in [-0.05, 0) is 23.8 Å². The molecular weight excluding hydrogens is 212 g/mol. The second-order valence-corrected chi connectivity index (χ2v) is 2.84. The molecule has 0 saturated carbocycles. The Kier molecular flexibility index (Phi) is 4.19. The zero-order valence-corrected chi connectivity index (χ0v) is 8.21. The van der Waals surface area contributed by atoms with Crippen molar-refractivity contribution >= 4 is 18.0 Å². The van der Waals surface area contributed by atoms with Crippen LogP contribution in [0.1, 0.15) is 15.9 Å². The molecule has 0 radical (unpaired) electrons. The van der Waals surface area contributed by atoms with Crippen molar-refractivity contribution in [2.75, 3.05) is 0 Å². The number of nitrogens with one attached hydrogen (secondary N) is 1. The van der Waals surface area contributed by atoms with Crippen molar-refractivity contribution in [3.8, 4) is 0 Å². The molecule has 0 aliphatic carbocycles. The second kappa shape index (κ2) is 5.64. The van der Waals surface area contributed by atoms with Gasteiger partial charge in [0.15, 0.2) is 0 Å². The molecule has 4 N–H and O–H groups in total. The summed E-state index contributed by atoms with van der Waals surface area (Å²) < 4.78 is 0. The van der Waals surface area contributed by atoms with Crippen LogP contribution >= 0.6 is 0 Å². The van der Waals surface area contributed by atoms with Crippen molar-refractivity contribution in [1.82, 2.24) is 5.48 Å². The van der Waals surface area contributed by atoms with Crippen LogP contribution in [0, 0.1) is 0 Å². The molecule has 0 saturated heterocycles. The first-order valence-electron chi connectivity index (χ1n) is 4.30. The summed E-state index contributed by atoms with van der Waals surface area (Å²) in [5.41, 5.74) is 2.46. The van der Waals surface area contributed by atoms with E-state index in [0.29, 0.717) is 11.1 Å². The van der Waals surface area contributed by atoms with Gasteiger partial charge in [-0.3, -0.25) is 10.0 Å². The van der Waals surface area contributed by atoms with Gasteiger partial charge < -0.3 is 4.84 Å². The molecule has 1 aromatic carbocycles. The van der Waals surface area contributed by atoms with Crippen LogP contribution in [0.3, 0.4) is 0 Å². The van der Waals surface area contributed by atoms with E-state index in [2.05, 4.69) is 4.84 Å². The zero-order valence-electron chi connectivity index (χ0n) is 8.21. The van der Waals surface area contributed by atoms with Crippen molar-refractivity contribution < 1.29 is 19.6 Å². The topological polar surface area (TPSA) is 102 Å². The van der Waals surface area contributed by atoms with Gasteiger partial charge in [0, 0.05) is 6.08 Å². The van der Waals surface area contributed by atoms with E-state index in [-0.39, 0.29) is 0 Å². The normalized spacial score (nSPS) is 10.1. The van der Waals surface area contributed by atoms with Crippen LogP contribution in [0.25, 0.3) is 6.08 Å². The predicted octanol–water partition coefficient (Wildman–Crippen LogP) is 0.236. The van der Waals surface area contributed by atoms with Gasteiger partial charge >= 0.3 is 5.97 Å². The van der Waals surface area contributed by atoms with Gasteiger partial charge in [-0.15, -0.1) is 0 Å². The summed E-state index contributed by atoms with van der Waals surface area (Å²) in [5, 5.41) is 8.24. The van der Waals surface area contributed by atoms with Gasteiger partial charge in [0.05, 0.1) is 5.56 Å². The van der Waals surface area contributed by atoms with E-state index in [1.165, 1.54) is 23.7 Å². The minimum absolute atomic E-state index is 0.311. The summed E-state index contributed by atoms with van der Waals surface area (Å²) in [6.45, 7) is 0. The molecule has 1 aromatic rings. The smallest absolute Gasteiger partial charge is 0.356 e. The average Bonchev–Trinajstić information content (AvgIpc) is 2.35. The molecule has 0 aliphatic rings. The largest absolute Gasteiger partial charge is 0.370 e. The fraction of sp³-hybridized carbons (Fsp3) is 0. The predicted molar refractivity (Wildman–Crippen MR) is 55.0 cm³/mol. The molecule has 0 bridgehead atoms. The fourth-order valence-corrected chi connectivity index (χ4v) is 1.01. The molecule has 0 aliphatic heterocycles. The number of hydrogen-bond donors (Lipinski definition) is 3. The van der Waals surface area contributed by atoms with Crippen molar-refractivity contribution in [1.29, 1.82) is 0 Å². The Bertz CT molecular complexity index is 411. The highest BCUT2D eigenvalue weighted by atomic mass is 16.7. The number of nitrogens with two attached hydrogens (primary N) is 1. The van der Waals surface area contributed by atoms with Crippen LogP contribution in [0.5, 0.6) is 0 Å². The molecular formula is C10H10N2O4. The third-order valence-electron chi connectivity index (χ3n) is 1.79. The van der Waals surface area contributed by atoms with E-state index in [0.717, 1.165) is 6.08 Å². The van der Waals surface area contributed by atoms with E-state index in [1.807, 2.05) is 0 Å². The molecule has 16 heavy (non-hydrogen) atoms. The number of rotatable bonds is 3. The first kappa shape index (κ1) is 11.9. The number of carbonyl (C=O) groups excluding carboxylic acids is 2. The minimum Gasteiger partial charge on any atom is -0.370 e. The Morgan fingerprint density at radius 2 is 1.94 bits per heavy atom. The monoisotopic (exact) mass is 222 g/mol. The minimum atomic E-state index is -0.636. The van der Waals surface area contributed by atoms with Crippen molar-refractivity contribution in [2.24, 2.45) is 5.90 Å². The summed E-state index contributed by atoms with van der Waals surface area (Å²) in [6, 6.07) is 6.22. The Labute approximate surface area is 91.2 Å². The van der Waals surface area contributed by atoms with Gasteiger partial charge in [0.25, 0.3) is 5.91 Å². The molecule has 0 unspecified atom stereocenters. The van der Waals surface area contributed by atoms with Gasteiger partial charge in [-0.2, -0.15) is 5.90 Å². The molecule has 1 rings (SSSR count). The lowest BCUT2D eigenvalue weighted by Crippen LogP contribution is -2.14. The maximum absolute atomic E-state index is 11.0. The quantitative estimate of drug-likeness (QED) is 0.386. The van der Waals surface area contributed by atoms with Crippen LogP contribution in [0.4, 0.5) is 0 Å². The third kappa shape index (κ3) is 3.19. The van der Waals surface area contributed by atoms with Gasteiger partial charge in [-0.25, -0.2) is 10.3 Å². The van der Waals surface area contributed by atoms with E-state index < -0.39 is 11.9 Å². The zero-order chi connectivity index (χ0) is 12.0. The van der Waals surface area contributed by atoms with Gasteiger partial charge in [0.2, 0.25) is 0 Å². The highest BCUT2D eigenvalue weighted by molar-refractivity contribution is 5.91. The molecule has 0 spiro atoms. The Morgan fingerprint density at radius 1 is 1.31 bits per heavy atom. The lowest BCUT2D eigenvalue weighted by Gasteiger charge is -1.98. The second-order valence-electron chi connectivity index (χ2n) is 2.84. The lowest BCUT2D eigenvalue weighted by molar-refractivity contribution is -0.124. The SMILES string of the molecule is NOC(=O)c1ccc(/C=C/C(=O)NO)cc1. The summed E-state index contributed by atoms with van der Waals surface area (Å²) >= 11 is 0. The molecule has 0 atom stereocenters. The van der Waals surface area contributed by atoms with Gasteiger partial charge in [0.1, 0.15) is 0 Å². The summed E-state index contributed by atoms with van der Waals surface area (Å²) in [7, 11) is 0. The standard InChI is InChI=1S/C10H10N2O4/c11-16-10(14)8-4-1-7(2-5-8)3-6-9(13)12-15/h1-6,15H,11H2,(H,12,13)/b6-3+. The maximum atomic E-state index is 11.0.